The Morgan fingerprint density at radius 2 is 1.78 bits per heavy atom. The van der Waals surface area contributed by atoms with Crippen LogP contribution in [0.1, 0.15) is 15.9 Å². The number of carbonyl (C=O) groups excluding carboxylic acids is 2. The van der Waals surface area contributed by atoms with Crippen LogP contribution in [0.3, 0.4) is 0 Å². The number of rotatable bonds is 5. The van der Waals surface area contributed by atoms with Gasteiger partial charge in [-0.25, -0.2) is 9.18 Å². The van der Waals surface area contributed by atoms with E-state index >= 15 is 0 Å². The Labute approximate surface area is 159 Å². The molecule has 1 aromatic heterocycles. The third-order valence-corrected chi connectivity index (χ3v) is 4.69. The summed E-state index contributed by atoms with van der Waals surface area (Å²) in [4.78, 5) is 24.5. The molecule has 0 radical (unpaired) electrons. The SMILES string of the molecule is COC(=O)c1c(-c2ccccc2)csc1NC(=O)C=Cc1ccc(F)cc1. The lowest BCUT2D eigenvalue weighted by atomic mass is 10.0. The molecule has 0 spiro atoms. The second-order valence-electron chi connectivity index (χ2n) is 5.59. The molecule has 3 aromatic rings. The smallest absolute Gasteiger partial charge is 0.341 e. The summed E-state index contributed by atoms with van der Waals surface area (Å²) in [5.74, 6) is -1.26. The van der Waals surface area contributed by atoms with E-state index in [0.29, 0.717) is 21.7 Å². The maximum atomic E-state index is 12.9. The molecule has 0 aliphatic rings. The number of halogens is 1. The third kappa shape index (κ3) is 4.48. The first-order valence-corrected chi connectivity index (χ1v) is 8.96. The molecule has 1 N–H and O–H groups in total. The fraction of sp³-hybridized carbons (Fsp3) is 0.0476. The van der Waals surface area contributed by atoms with Gasteiger partial charge in [0.25, 0.3) is 0 Å². The highest BCUT2D eigenvalue weighted by atomic mass is 32.1. The van der Waals surface area contributed by atoms with Crippen LogP contribution in [-0.2, 0) is 9.53 Å². The molecule has 1 heterocycles. The number of methoxy groups -OCH3 is 1. The van der Waals surface area contributed by atoms with Crippen LogP contribution in [0.25, 0.3) is 17.2 Å². The van der Waals surface area contributed by atoms with E-state index in [-0.39, 0.29) is 5.82 Å². The Bertz CT molecular complexity index is 978. The number of thiophene rings is 1. The largest absolute Gasteiger partial charge is 0.465 e. The number of hydrogen-bond donors (Lipinski definition) is 1. The quantitative estimate of drug-likeness (QED) is 0.500. The van der Waals surface area contributed by atoms with E-state index in [1.54, 1.807) is 23.6 Å². The first kappa shape index (κ1) is 18.5. The number of benzene rings is 2. The Morgan fingerprint density at radius 1 is 1.07 bits per heavy atom. The van der Waals surface area contributed by atoms with Gasteiger partial charge >= 0.3 is 5.97 Å². The first-order valence-electron chi connectivity index (χ1n) is 8.08. The average Bonchev–Trinajstić information content (AvgIpc) is 3.11. The van der Waals surface area contributed by atoms with Gasteiger partial charge in [0, 0.05) is 17.0 Å². The summed E-state index contributed by atoms with van der Waals surface area (Å²) in [6.45, 7) is 0. The van der Waals surface area contributed by atoms with E-state index in [1.165, 1.54) is 36.7 Å². The lowest BCUT2D eigenvalue weighted by molar-refractivity contribution is -0.111. The summed E-state index contributed by atoms with van der Waals surface area (Å²) in [6, 6.07) is 15.2. The molecule has 6 heteroatoms. The molecule has 1 amide bonds. The average molecular weight is 381 g/mol. The van der Waals surface area contributed by atoms with Gasteiger partial charge < -0.3 is 10.1 Å². The molecular formula is C21H16FNO3S. The van der Waals surface area contributed by atoms with Gasteiger partial charge in [0.15, 0.2) is 0 Å². The minimum absolute atomic E-state index is 0.317. The molecule has 0 unspecified atom stereocenters. The second kappa shape index (κ2) is 8.42. The zero-order valence-electron chi connectivity index (χ0n) is 14.4. The number of carbonyl (C=O) groups is 2. The molecule has 2 aromatic carbocycles. The fourth-order valence-electron chi connectivity index (χ4n) is 2.48. The molecule has 0 bridgehead atoms. The highest BCUT2D eigenvalue weighted by Gasteiger charge is 2.21. The lowest BCUT2D eigenvalue weighted by Crippen LogP contribution is -2.11. The summed E-state index contributed by atoms with van der Waals surface area (Å²) >= 11 is 1.25. The van der Waals surface area contributed by atoms with E-state index in [0.717, 1.165) is 5.56 Å². The number of amides is 1. The van der Waals surface area contributed by atoms with Gasteiger partial charge in [0.2, 0.25) is 5.91 Å². The van der Waals surface area contributed by atoms with Gasteiger partial charge in [-0.05, 0) is 29.3 Å². The van der Waals surface area contributed by atoms with E-state index < -0.39 is 11.9 Å². The van der Waals surface area contributed by atoms with Gasteiger partial charge in [0.05, 0.1) is 7.11 Å². The van der Waals surface area contributed by atoms with Crippen LogP contribution in [-0.4, -0.2) is 19.0 Å². The molecule has 0 saturated carbocycles. The van der Waals surface area contributed by atoms with Crippen LogP contribution in [0.5, 0.6) is 0 Å². The van der Waals surface area contributed by atoms with Crippen molar-refractivity contribution >= 4 is 34.3 Å². The number of esters is 1. The number of anilines is 1. The summed E-state index contributed by atoms with van der Waals surface area (Å²) in [7, 11) is 1.30. The standard InChI is InChI=1S/C21H16FNO3S/c1-26-21(25)19-17(15-5-3-2-4-6-15)13-27-20(19)23-18(24)12-9-14-7-10-16(22)11-8-14/h2-13H,1H3,(H,23,24). The maximum Gasteiger partial charge on any atom is 0.341 e. The number of nitrogens with one attached hydrogen (secondary N) is 1. The summed E-state index contributed by atoms with van der Waals surface area (Å²) in [6.07, 6.45) is 2.90. The highest BCUT2D eigenvalue weighted by molar-refractivity contribution is 7.15. The molecule has 27 heavy (non-hydrogen) atoms. The van der Waals surface area contributed by atoms with Crippen molar-refractivity contribution < 1.29 is 18.7 Å². The van der Waals surface area contributed by atoms with E-state index in [2.05, 4.69) is 5.32 Å². The van der Waals surface area contributed by atoms with Gasteiger partial charge in [-0.3, -0.25) is 4.79 Å². The first-order chi connectivity index (χ1) is 13.1. The fourth-order valence-corrected chi connectivity index (χ4v) is 3.44. The molecule has 4 nitrogen and oxygen atoms in total. The highest BCUT2D eigenvalue weighted by Crippen LogP contribution is 2.36. The normalized spacial score (nSPS) is 10.7. The predicted octanol–water partition coefficient (Wildman–Crippen LogP) is 4.99. The zero-order chi connectivity index (χ0) is 19.2. The zero-order valence-corrected chi connectivity index (χ0v) is 15.3. The van der Waals surface area contributed by atoms with Crippen LogP contribution < -0.4 is 5.32 Å². The van der Waals surface area contributed by atoms with E-state index in [1.807, 2.05) is 30.3 Å². The van der Waals surface area contributed by atoms with Gasteiger partial charge in [-0.2, -0.15) is 0 Å². The van der Waals surface area contributed by atoms with Crippen molar-refractivity contribution in [2.75, 3.05) is 12.4 Å². The molecule has 0 saturated heterocycles. The van der Waals surface area contributed by atoms with Crippen LogP contribution in [0.4, 0.5) is 9.39 Å². The van der Waals surface area contributed by atoms with Crippen molar-refractivity contribution in [1.29, 1.82) is 0 Å². The Hall–Kier alpha value is -3.25. The molecule has 0 aliphatic carbocycles. The van der Waals surface area contributed by atoms with Gasteiger partial charge in [-0.1, -0.05) is 42.5 Å². The van der Waals surface area contributed by atoms with Crippen molar-refractivity contribution in [3.05, 3.63) is 83.0 Å². The van der Waals surface area contributed by atoms with Crippen LogP contribution in [0.2, 0.25) is 0 Å². The van der Waals surface area contributed by atoms with Crippen LogP contribution >= 0.6 is 11.3 Å². The van der Waals surface area contributed by atoms with Gasteiger partial charge in [-0.15, -0.1) is 11.3 Å². The minimum Gasteiger partial charge on any atom is -0.465 e. The molecular weight excluding hydrogens is 365 g/mol. The Kier molecular flexibility index (Phi) is 5.78. The summed E-state index contributed by atoms with van der Waals surface area (Å²) < 4.78 is 17.8. The monoisotopic (exact) mass is 381 g/mol. The van der Waals surface area contributed by atoms with Crippen molar-refractivity contribution in [1.82, 2.24) is 0 Å². The van der Waals surface area contributed by atoms with E-state index in [9.17, 15) is 14.0 Å². The van der Waals surface area contributed by atoms with Crippen molar-refractivity contribution in [2.45, 2.75) is 0 Å². The van der Waals surface area contributed by atoms with Crippen molar-refractivity contribution in [2.24, 2.45) is 0 Å². The molecule has 3 rings (SSSR count). The molecule has 136 valence electrons. The molecule has 0 aliphatic heterocycles. The van der Waals surface area contributed by atoms with Crippen molar-refractivity contribution in [3.8, 4) is 11.1 Å². The number of hydrogen-bond acceptors (Lipinski definition) is 4. The van der Waals surface area contributed by atoms with E-state index in [4.69, 9.17) is 4.74 Å². The topological polar surface area (TPSA) is 55.4 Å². The molecule has 0 fully saturated rings. The summed E-state index contributed by atoms with van der Waals surface area (Å²) in [5.41, 5.74) is 2.56. The Morgan fingerprint density at radius 3 is 2.44 bits per heavy atom. The van der Waals surface area contributed by atoms with Gasteiger partial charge in [0.1, 0.15) is 16.4 Å². The summed E-state index contributed by atoms with van der Waals surface area (Å²) in [5, 5.41) is 4.93. The molecule has 0 atom stereocenters. The third-order valence-electron chi connectivity index (χ3n) is 3.80. The van der Waals surface area contributed by atoms with Crippen LogP contribution in [0, 0.1) is 5.82 Å². The van der Waals surface area contributed by atoms with Crippen molar-refractivity contribution in [3.63, 3.8) is 0 Å². The minimum atomic E-state index is -0.520. The van der Waals surface area contributed by atoms with Crippen LogP contribution in [0.15, 0.2) is 66.1 Å². The Balaban J connectivity index is 1.84. The lowest BCUT2D eigenvalue weighted by Gasteiger charge is -2.06. The number of ether oxygens (including phenoxy) is 1. The predicted molar refractivity (Wildman–Crippen MR) is 105 cm³/mol. The maximum absolute atomic E-state index is 12.9. The second-order valence-corrected chi connectivity index (χ2v) is 6.46.